The number of Topliss-reactive ketones (excluding diaryl/α,β-unsaturated/α-hetero) is 1. The lowest BCUT2D eigenvalue weighted by atomic mass is 10.1. The van der Waals surface area contributed by atoms with Crippen LogP contribution < -0.4 is 0 Å². The van der Waals surface area contributed by atoms with E-state index in [9.17, 15) is 13.2 Å². The monoisotopic (exact) mass is 405 g/mol. The Morgan fingerprint density at radius 1 is 1.07 bits per heavy atom. The van der Waals surface area contributed by atoms with Gasteiger partial charge < -0.3 is 4.74 Å². The number of hydrogen-bond donors (Lipinski definition) is 0. The van der Waals surface area contributed by atoms with Crippen molar-refractivity contribution in [1.29, 1.82) is 0 Å². The molecule has 0 amide bonds. The van der Waals surface area contributed by atoms with Crippen molar-refractivity contribution in [2.45, 2.75) is 23.6 Å². The van der Waals surface area contributed by atoms with E-state index in [4.69, 9.17) is 4.74 Å². The van der Waals surface area contributed by atoms with Gasteiger partial charge in [-0.05, 0) is 37.6 Å². The molecule has 144 valence electrons. The number of ketones is 1. The molecule has 0 aliphatic carbocycles. The zero-order chi connectivity index (χ0) is 19.4. The zero-order valence-electron chi connectivity index (χ0n) is 15.5. The molecule has 0 saturated carbocycles. The molecule has 2 aromatic rings. The summed E-state index contributed by atoms with van der Waals surface area (Å²) in [5.74, 6) is 0.301. The van der Waals surface area contributed by atoms with E-state index < -0.39 is 10.0 Å². The van der Waals surface area contributed by atoms with Crippen LogP contribution in [0.2, 0.25) is 0 Å². The van der Waals surface area contributed by atoms with Crippen LogP contribution in [-0.4, -0.2) is 50.6 Å². The van der Waals surface area contributed by atoms with Crippen molar-refractivity contribution in [2.24, 2.45) is 0 Å². The second kappa shape index (κ2) is 8.56. The first-order valence-corrected chi connectivity index (χ1v) is 11.2. The van der Waals surface area contributed by atoms with E-state index >= 15 is 0 Å². The van der Waals surface area contributed by atoms with Crippen molar-refractivity contribution in [1.82, 2.24) is 4.31 Å². The lowest BCUT2D eigenvalue weighted by Gasteiger charge is -2.26. The van der Waals surface area contributed by atoms with E-state index in [-0.39, 0.29) is 10.7 Å². The topological polar surface area (TPSA) is 63.7 Å². The molecule has 7 heteroatoms. The minimum atomic E-state index is -3.53. The normalized spacial score (nSPS) is 15.6. The number of aryl methyl sites for hydroxylation is 2. The van der Waals surface area contributed by atoms with Gasteiger partial charge in [0.25, 0.3) is 0 Å². The van der Waals surface area contributed by atoms with Gasteiger partial charge in [-0.25, -0.2) is 8.42 Å². The molecule has 5 nitrogen and oxygen atoms in total. The third-order valence-electron chi connectivity index (χ3n) is 4.47. The molecular weight excluding hydrogens is 382 g/mol. The molecule has 1 heterocycles. The van der Waals surface area contributed by atoms with Crippen LogP contribution in [0.4, 0.5) is 0 Å². The van der Waals surface area contributed by atoms with Crippen LogP contribution in [0.15, 0.2) is 52.3 Å². The van der Waals surface area contributed by atoms with Crippen LogP contribution in [0.1, 0.15) is 21.5 Å². The van der Waals surface area contributed by atoms with Gasteiger partial charge in [0.1, 0.15) is 0 Å². The van der Waals surface area contributed by atoms with Crippen molar-refractivity contribution in [3.63, 3.8) is 0 Å². The molecule has 0 unspecified atom stereocenters. The quantitative estimate of drug-likeness (QED) is 0.545. The van der Waals surface area contributed by atoms with Crippen LogP contribution in [0.25, 0.3) is 0 Å². The lowest BCUT2D eigenvalue weighted by Crippen LogP contribution is -2.40. The maximum absolute atomic E-state index is 12.6. The molecule has 1 fully saturated rings. The van der Waals surface area contributed by atoms with Crippen molar-refractivity contribution in [2.75, 3.05) is 32.1 Å². The number of carbonyl (C=O) groups excluding carboxylic acids is 1. The predicted molar refractivity (Wildman–Crippen MR) is 107 cm³/mol. The van der Waals surface area contributed by atoms with E-state index in [0.29, 0.717) is 37.6 Å². The van der Waals surface area contributed by atoms with E-state index in [1.807, 2.05) is 26.0 Å². The fourth-order valence-electron chi connectivity index (χ4n) is 2.94. The molecule has 0 N–H and O–H groups in total. The van der Waals surface area contributed by atoms with E-state index in [1.165, 1.54) is 33.8 Å². The summed E-state index contributed by atoms with van der Waals surface area (Å²) < 4.78 is 31.9. The number of ether oxygens (including phenoxy) is 1. The average molecular weight is 406 g/mol. The van der Waals surface area contributed by atoms with Gasteiger partial charge in [0.15, 0.2) is 5.78 Å². The minimum Gasteiger partial charge on any atom is -0.379 e. The fraction of sp³-hybridized carbons (Fsp3) is 0.350. The Morgan fingerprint density at radius 2 is 1.74 bits per heavy atom. The van der Waals surface area contributed by atoms with Gasteiger partial charge in [-0.15, -0.1) is 11.8 Å². The van der Waals surface area contributed by atoms with Crippen molar-refractivity contribution in [3.05, 3.63) is 59.2 Å². The molecule has 1 aliphatic rings. The van der Waals surface area contributed by atoms with Crippen molar-refractivity contribution < 1.29 is 17.9 Å². The summed E-state index contributed by atoms with van der Waals surface area (Å²) in [6.45, 7) is 5.60. The minimum absolute atomic E-state index is 0.0182. The summed E-state index contributed by atoms with van der Waals surface area (Å²) in [7, 11) is -3.53. The standard InChI is InChI=1S/C20H23NO4S2/c1-15-3-8-20(16(2)13-15)26-14-19(22)17-4-6-18(7-5-17)27(23,24)21-9-11-25-12-10-21/h3-8,13H,9-12,14H2,1-2H3. The Bertz CT molecular complexity index is 917. The van der Waals surface area contributed by atoms with Crippen LogP contribution in [0.3, 0.4) is 0 Å². The maximum Gasteiger partial charge on any atom is 0.243 e. The lowest BCUT2D eigenvalue weighted by molar-refractivity contribution is 0.0730. The molecule has 0 bridgehead atoms. The molecule has 0 aromatic heterocycles. The van der Waals surface area contributed by atoms with E-state index in [1.54, 1.807) is 12.1 Å². The first kappa shape index (κ1) is 20.1. The molecule has 27 heavy (non-hydrogen) atoms. The van der Waals surface area contributed by atoms with E-state index in [2.05, 4.69) is 6.07 Å². The Kier molecular flexibility index (Phi) is 6.37. The maximum atomic E-state index is 12.6. The smallest absolute Gasteiger partial charge is 0.243 e. The van der Waals surface area contributed by atoms with Gasteiger partial charge in [0.2, 0.25) is 10.0 Å². The highest BCUT2D eigenvalue weighted by Gasteiger charge is 2.26. The number of benzene rings is 2. The van der Waals surface area contributed by atoms with E-state index in [0.717, 1.165) is 10.5 Å². The number of rotatable bonds is 6. The predicted octanol–water partition coefficient (Wildman–Crippen LogP) is 3.30. The van der Waals surface area contributed by atoms with Crippen LogP contribution in [-0.2, 0) is 14.8 Å². The summed E-state index contributed by atoms with van der Waals surface area (Å²) >= 11 is 1.50. The summed E-state index contributed by atoms with van der Waals surface area (Å²) in [4.78, 5) is 13.8. The highest BCUT2D eigenvalue weighted by atomic mass is 32.2. The third-order valence-corrected chi connectivity index (χ3v) is 7.56. The van der Waals surface area contributed by atoms with Gasteiger partial charge in [-0.1, -0.05) is 29.8 Å². The van der Waals surface area contributed by atoms with Crippen LogP contribution in [0, 0.1) is 13.8 Å². The first-order chi connectivity index (χ1) is 12.9. The van der Waals surface area contributed by atoms with Gasteiger partial charge in [0.05, 0.1) is 23.9 Å². The van der Waals surface area contributed by atoms with Gasteiger partial charge in [-0.2, -0.15) is 4.31 Å². The summed E-state index contributed by atoms with van der Waals surface area (Å²) in [6.07, 6.45) is 0. The number of morpholine rings is 1. The van der Waals surface area contributed by atoms with Gasteiger partial charge >= 0.3 is 0 Å². The highest BCUT2D eigenvalue weighted by molar-refractivity contribution is 8.00. The van der Waals surface area contributed by atoms with Crippen LogP contribution >= 0.6 is 11.8 Å². The summed E-state index contributed by atoms with van der Waals surface area (Å²) in [6, 6.07) is 12.4. The molecule has 2 aromatic carbocycles. The fourth-order valence-corrected chi connectivity index (χ4v) is 5.25. The zero-order valence-corrected chi connectivity index (χ0v) is 17.1. The molecular formula is C20H23NO4S2. The largest absolute Gasteiger partial charge is 0.379 e. The Hall–Kier alpha value is -1.67. The molecule has 3 rings (SSSR count). The second-order valence-electron chi connectivity index (χ2n) is 6.52. The van der Waals surface area contributed by atoms with Gasteiger partial charge in [-0.3, -0.25) is 4.79 Å². The first-order valence-electron chi connectivity index (χ1n) is 8.79. The molecule has 0 radical (unpaired) electrons. The molecule has 1 aliphatic heterocycles. The Labute approximate surface area is 164 Å². The Balaban J connectivity index is 1.66. The SMILES string of the molecule is Cc1ccc(SCC(=O)c2ccc(S(=O)(=O)N3CCOCC3)cc2)c(C)c1. The van der Waals surface area contributed by atoms with Crippen LogP contribution in [0.5, 0.6) is 0 Å². The highest BCUT2D eigenvalue weighted by Crippen LogP contribution is 2.24. The molecule has 1 saturated heterocycles. The summed E-state index contributed by atoms with van der Waals surface area (Å²) in [5.41, 5.74) is 2.87. The van der Waals surface area contributed by atoms with Gasteiger partial charge in [0, 0.05) is 23.5 Å². The Morgan fingerprint density at radius 3 is 2.37 bits per heavy atom. The number of thioether (sulfide) groups is 1. The number of nitrogens with zero attached hydrogens (tertiary/aromatic N) is 1. The number of sulfonamides is 1. The third kappa shape index (κ3) is 4.79. The molecule has 0 spiro atoms. The molecule has 0 atom stereocenters. The average Bonchev–Trinajstić information content (AvgIpc) is 2.68. The second-order valence-corrected chi connectivity index (χ2v) is 9.48. The summed E-state index contributed by atoms with van der Waals surface area (Å²) in [5, 5.41) is 0. The van der Waals surface area contributed by atoms with Crippen molar-refractivity contribution >= 4 is 27.6 Å². The number of hydrogen-bond acceptors (Lipinski definition) is 5. The van der Waals surface area contributed by atoms with Crippen molar-refractivity contribution in [3.8, 4) is 0 Å². The number of carbonyl (C=O) groups is 1.